The molecule has 1 atom stereocenters. The molecule has 0 spiro atoms. The highest BCUT2D eigenvalue weighted by atomic mass is 32.1. The topological polar surface area (TPSA) is 71.2 Å². The first-order valence-electron chi connectivity index (χ1n) is 6.36. The van der Waals surface area contributed by atoms with Gasteiger partial charge in [-0.15, -0.1) is 11.3 Å². The van der Waals surface area contributed by atoms with Gasteiger partial charge in [-0.2, -0.15) is 0 Å². The maximum Gasteiger partial charge on any atom is 0.226 e. The SMILES string of the molecule is CCN1CCC(CNC(=O)Cc2csc(N)n2)C1. The molecule has 1 aromatic heterocycles. The number of aromatic nitrogens is 1. The van der Waals surface area contributed by atoms with E-state index in [0.717, 1.165) is 31.9 Å². The van der Waals surface area contributed by atoms with Crippen molar-refractivity contribution in [2.45, 2.75) is 19.8 Å². The molecule has 1 aromatic rings. The molecule has 18 heavy (non-hydrogen) atoms. The molecule has 1 saturated heterocycles. The van der Waals surface area contributed by atoms with Crippen molar-refractivity contribution in [3.8, 4) is 0 Å². The van der Waals surface area contributed by atoms with E-state index < -0.39 is 0 Å². The zero-order valence-corrected chi connectivity index (χ0v) is 11.5. The first kappa shape index (κ1) is 13.3. The molecule has 1 aliphatic heterocycles. The van der Waals surface area contributed by atoms with Gasteiger partial charge in [-0.05, 0) is 25.4 Å². The number of amides is 1. The summed E-state index contributed by atoms with van der Waals surface area (Å²) in [6.45, 7) is 6.30. The fraction of sp³-hybridized carbons (Fsp3) is 0.667. The maximum absolute atomic E-state index is 11.7. The molecule has 1 amide bonds. The molecule has 0 aliphatic carbocycles. The summed E-state index contributed by atoms with van der Waals surface area (Å²) in [6, 6.07) is 0. The minimum Gasteiger partial charge on any atom is -0.375 e. The quantitative estimate of drug-likeness (QED) is 0.825. The van der Waals surface area contributed by atoms with Gasteiger partial charge in [0.05, 0.1) is 12.1 Å². The van der Waals surface area contributed by atoms with E-state index in [1.807, 2.05) is 5.38 Å². The molecular formula is C12H20N4OS. The van der Waals surface area contributed by atoms with Gasteiger partial charge in [-0.25, -0.2) is 4.98 Å². The van der Waals surface area contributed by atoms with Crippen LogP contribution in [0.5, 0.6) is 0 Å². The van der Waals surface area contributed by atoms with E-state index in [9.17, 15) is 4.79 Å². The van der Waals surface area contributed by atoms with Crippen molar-refractivity contribution < 1.29 is 4.79 Å². The molecule has 2 heterocycles. The normalized spacial score (nSPS) is 20.2. The van der Waals surface area contributed by atoms with Crippen LogP contribution in [0, 0.1) is 5.92 Å². The van der Waals surface area contributed by atoms with Crippen LogP contribution < -0.4 is 11.1 Å². The van der Waals surface area contributed by atoms with Crippen molar-refractivity contribution in [3.63, 3.8) is 0 Å². The van der Waals surface area contributed by atoms with Crippen LogP contribution in [0.4, 0.5) is 5.13 Å². The van der Waals surface area contributed by atoms with Gasteiger partial charge in [0.15, 0.2) is 5.13 Å². The lowest BCUT2D eigenvalue weighted by Crippen LogP contribution is -2.32. The summed E-state index contributed by atoms with van der Waals surface area (Å²) in [5, 5.41) is 5.34. The third-order valence-corrected chi connectivity index (χ3v) is 4.04. The number of carbonyl (C=O) groups is 1. The predicted octanol–water partition coefficient (Wildman–Crippen LogP) is 0.726. The zero-order chi connectivity index (χ0) is 13.0. The molecule has 0 bridgehead atoms. The standard InChI is InChI=1S/C12H20N4OS/c1-2-16-4-3-9(7-16)6-14-11(17)5-10-8-18-12(13)15-10/h8-9H,2-7H2,1H3,(H2,13,15)(H,14,17). The van der Waals surface area contributed by atoms with Gasteiger partial charge in [-0.3, -0.25) is 4.79 Å². The lowest BCUT2D eigenvalue weighted by molar-refractivity contribution is -0.120. The Hall–Kier alpha value is -1.14. The van der Waals surface area contributed by atoms with E-state index in [1.54, 1.807) is 0 Å². The number of anilines is 1. The van der Waals surface area contributed by atoms with Crippen molar-refractivity contribution in [1.29, 1.82) is 0 Å². The molecule has 1 unspecified atom stereocenters. The Morgan fingerprint density at radius 2 is 2.56 bits per heavy atom. The van der Waals surface area contributed by atoms with Gasteiger partial charge in [-0.1, -0.05) is 6.92 Å². The number of nitrogen functional groups attached to an aromatic ring is 1. The number of hydrogen-bond donors (Lipinski definition) is 2. The van der Waals surface area contributed by atoms with Crippen LogP contribution in [0.25, 0.3) is 0 Å². The number of rotatable bonds is 5. The van der Waals surface area contributed by atoms with Crippen LogP contribution in [0.2, 0.25) is 0 Å². The van der Waals surface area contributed by atoms with Crippen LogP contribution in [-0.4, -0.2) is 42.0 Å². The maximum atomic E-state index is 11.7. The second-order valence-corrected chi connectivity index (χ2v) is 5.60. The second-order valence-electron chi connectivity index (χ2n) is 4.71. The van der Waals surface area contributed by atoms with Gasteiger partial charge in [0, 0.05) is 18.5 Å². The van der Waals surface area contributed by atoms with E-state index >= 15 is 0 Å². The van der Waals surface area contributed by atoms with Gasteiger partial charge in [0.1, 0.15) is 0 Å². The minimum atomic E-state index is 0.0373. The average Bonchev–Trinajstić information content (AvgIpc) is 2.95. The van der Waals surface area contributed by atoms with Gasteiger partial charge < -0.3 is 16.0 Å². The number of nitrogens with two attached hydrogens (primary N) is 1. The van der Waals surface area contributed by atoms with Crippen LogP contribution in [0.3, 0.4) is 0 Å². The average molecular weight is 268 g/mol. The molecule has 0 aromatic carbocycles. The summed E-state index contributed by atoms with van der Waals surface area (Å²) in [7, 11) is 0. The highest BCUT2D eigenvalue weighted by Crippen LogP contribution is 2.15. The Morgan fingerprint density at radius 1 is 1.72 bits per heavy atom. The molecule has 0 saturated carbocycles. The molecule has 2 rings (SSSR count). The van der Waals surface area contributed by atoms with Gasteiger partial charge in [0.25, 0.3) is 0 Å². The third kappa shape index (κ3) is 3.68. The third-order valence-electron chi connectivity index (χ3n) is 3.32. The van der Waals surface area contributed by atoms with Crippen LogP contribution >= 0.6 is 11.3 Å². The lowest BCUT2D eigenvalue weighted by atomic mass is 10.1. The zero-order valence-electron chi connectivity index (χ0n) is 10.7. The van der Waals surface area contributed by atoms with E-state index in [2.05, 4.69) is 22.1 Å². The van der Waals surface area contributed by atoms with E-state index in [0.29, 0.717) is 17.5 Å². The summed E-state index contributed by atoms with van der Waals surface area (Å²) < 4.78 is 0. The number of thiazole rings is 1. The monoisotopic (exact) mass is 268 g/mol. The van der Waals surface area contributed by atoms with Crippen molar-refractivity contribution in [3.05, 3.63) is 11.1 Å². The van der Waals surface area contributed by atoms with E-state index in [-0.39, 0.29) is 5.91 Å². The summed E-state index contributed by atoms with van der Waals surface area (Å²) in [5.74, 6) is 0.629. The minimum absolute atomic E-state index is 0.0373. The van der Waals surface area contributed by atoms with Crippen LogP contribution in [0.15, 0.2) is 5.38 Å². The van der Waals surface area contributed by atoms with Crippen LogP contribution in [-0.2, 0) is 11.2 Å². The first-order chi connectivity index (χ1) is 8.67. The lowest BCUT2D eigenvalue weighted by Gasteiger charge is -2.13. The van der Waals surface area contributed by atoms with Gasteiger partial charge in [0.2, 0.25) is 5.91 Å². The Labute approximate surface area is 111 Å². The van der Waals surface area contributed by atoms with Crippen molar-refractivity contribution in [2.75, 3.05) is 31.9 Å². The Kier molecular flexibility index (Phi) is 4.54. The summed E-state index contributed by atoms with van der Waals surface area (Å²) in [6.07, 6.45) is 1.51. The Morgan fingerprint density at radius 3 is 3.17 bits per heavy atom. The number of hydrogen-bond acceptors (Lipinski definition) is 5. The number of carbonyl (C=O) groups excluding carboxylic acids is 1. The van der Waals surface area contributed by atoms with E-state index in [1.165, 1.54) is 17.8 Å². The summed E-state index contributed by atoms with van der Waals surface area (Å²) in [5.41, 5.74) is 6.29. The summed E-state index contributed by atoms with van der Waals surface area (Å²) >= 11 is 1.37. The fourth-order valence-corrected chi connectivity index (χ4v) is 2.82. The van der Waals surface area contributed by atoms with Gasteiger partial charge >= 0.3 is 0 Å². The largest absolute Gasteiger partial charge is 0.375 e. The molecular weight excluding hydrogens is 248 g/mol. The Bertz CT molecular complexity index is 407. The van der Waals surface area contributed by atoms with Crippen molar-refractivity contribution in [1.82, 2.24) is 15.2 Å². The predicted molar refractivity (Wildman–Crippen MR) is 73.5 cm³/mol. The molecule has 1 aliphatic rings. The summed E-state index contributed by atoms with van der Waals surface area (Å²) in [4.78, 5) is 18.2. The number of likely N-dealkylation sites (tertiary alicyclic amines) is 1. The molecule has 5 nitrogen and oxygen atoms in total. The molecule has 3 N–H and O–H groups in total. The fourth-order valence-electron chi connectivity index (χ4n) is 2.26. The Balaban J connectivity index is 1.69. The highest BCUT2D eigenvalue weighted by Gasteiger charge is 2.21. The smallest absolute Gasteiger partial charge is 0.226 e. The second kappa shape index (κ2) is 6.15. The molecule has 1 fully saturated rings. The van der Waals surface area contributed by atoms with Crippen molar-refractivity contribution in [2.24, 2.45) is 5.92 Å². The molecule has 100 valence electrons. The highest BCUT2D eigenvalue weighted by molar-refractivity contribution is 7.13. The first-order valence-corrected chi connectivity index (χ1v) is 7.24. The van der Waals surface area contributed by atoms with E-state index in [4.69, 9.17) is 5.73 Å². The number of nitrogens with zero attached hydrogens (tertiary/aromatic N) is 2. The molecule has 6 heteroatoms. The van der Waals surface area contributed by atoms with Crippen molar-refractivity contribution >= 4 is 22.4 Å². The number of nitrogens with one attached hydrogen (secondary N) is 1. The molecule has 0 radical (unpaired) electrons. The van der Waals surface area contributed by atoms with Crippen LogP contribution in [0.1, 0.15) is 19.0 Å².